The molecule has 0 atom stereocenters. The Morgan fingerprint density at radius 1 is 1.24 bits per heavy atom. The minimum Gasteiger partial charge on any atom is -0.495 e. The summed E-state index contributed by atoms with van der Waals surface area (Å²) in [5, 5.41) is 5.90. The number of carbonyl (C=O) groups is 1. The van der Waals surface area contributed by atoms with Gasteiger partial charge in [-0.15, -0.1) is 0 Å². The van der Waals surface area contributed by atoms with Crippen LogP contribution in [0.25, 0.3) is 16.9 Å². The molecular formula is C19H15N3O3. The summed E-state index contributed by atoms with van der Waals surface area (Å²) in [6.45, 7) is 0. The van der Waals surface area contributed by atoms with Crippen LogP contribution in [-0.4, -0.2) is 18.0 Å². The van der Waals surface area contributed by atoms with Crippen LogP contribution in [0.5, 0.6) is 5.75 Å². The Hall–Kier alpha value is -3.54. The van der Waals surface area contributed by atoms with Crippen molar-refractivity contribution in [2.24, 2.45) is 0 Å². The van der Waals surface area contributed by atoms with Crippen molar-refractivity contribution in [1.82, 2.24) is 4.98 Å². The number of fused-ring (bicyclic) bond motifs is 1. The summed E-state index contributed by atoms with van der Waals surface area (Å²) in [6, 6.07) is 13.0. The van der Waals surface area contributed by atoms with Crippen LogP contribution in [0.3, 0.4) is 0 Å². The van der Waals surface area contributed by atoms with E-state index in [4.69, 9.17) is 9.15 Å². The number of nitrogens with one attached hydrogen (secondary N) is 2. The predicted molar refractivity (Wildman–Crippen MR) is 95.2 cm³/mol. The van der Waals surface area contributed by atoms with Gasteiger partial charge in [-0.25, -0.2) is 4.98 Å². The Morgan fingerprint density at radius 2 is 2.12 bits per heavy atom. The number of amides is 1. The highest BCUT2D eigenvalue weighted by atomic mass is 16.5. The van der Waals surface area contributed by atoms with Gasteiger partial charge in [0.2, 0.25) is 0 Å². The highest BCUT2D eigenvalue weighted by molar-refractivity contribution is 6.31. The molecule has 6 nitrogen and oxygen atoms in total. The highest BCUT2D eigenvalue weighted by Gasteiger charge is 2.26. The molecule has 6 heteroatoms. The van der Waals surface area contributed by atoms with E-state index in [0.717, 1.165) is 16.8 Å². The smallest absolute Gasteiger partial charge is 0.259 e. The number of hydrogen-bond acceptors (Lipinski definition) is 5. The van der Waals surface area contributed by atoms with Gasteiger partial charge in [0.15, 0.2) is 0 Å². The number of anilines is 2. The van der Waals surface area contributed by atoms with Gasteiger partial charge >= 0.3 is 0 Å². The summed E-state index contributed by atoms with van der Waals surface area (Å²) in [5.74, 6) is 1.72. The van der Waals surface area contributed by atoms with Crippen molar-refractivity contribution < 1.29 is 13.9 Å². The van der Waals surface area contributed by atoms with Crippen LogP contribution in [0.1, 0.15) is 5.56 Å². The third-order valence-electron chi connectivity index (χ3n) is 3.94. The molecule has 0 fully saturated rings. The van der Waals surface area contributed by atoms with E-state index in [1.807, 2.05) is 42.5 Å². The molecule has 124 valence electrons. The van der Waals surface area contributed by atoms with E-state index in [1.165, 1.54) is 0 Å². The number of pyridine rings is 1. The largest absolute Gasteiger partial charge is 0.495 e. The number of ether oxygens (including phenoxy) is 1. The van der Waals surface area contributed by atoms with Crippen LogP contribution >= 0.6 is 0 Å². The molecule has 1 aliphatic heterocycles. The van der Waals surface area contributed by atoms with Gasteiger partial charge in [-0.2, -0.15) is 0 Å². The quantitative estimate of drug-likeness (QED) is 0.711. The van der Waals surface area contributed by atoms with Crippen LogP contribution in [0.15, 0.2) is 65.5 Å². The van der Waals surface area contributed by atoms with Gasteiger partial charge in [0, 0.05) is 23.5 Å². The van der Waals surface area contributed by atoms with Crippen molar-refractivity contribution in [1.29, 1.82) is 0 Å². The molecule has 0 aliphatic carbocycles. The van der Waals surface area contributed by atoms with Crippen LogP contribution in [-0.2, 0) is 4.79 Å². The maximum absolute atomic E-state index is 12.3. The minimum atomic E-state index is -0.207. The first kappa shape index (κ1) is 15.0. The molecular weight excluding hydrogens is 318 g/mol. The van der Waals surface area contributed by atoms with Gasteiger partial charge in [-0.1, -0.05) is 12.1 Å². The average molecular weight is 333 g/mol. The van der Waals surface area contributed by atoms with Crippen molar-refractivity contribution in [2.45, 2.75) is 0 Å². The fourth-order valence-electron chi connectivity index (χ4n) is 2.70. The van der Waals surface area contributed by atoms with Crippen molar-refractivity contribution in [2.75, 3.05) is 17.7 Å². The molecule has 0 spiro atoms. The Labute approximate surface area is 144 Å². The van der Waals surface area contributed by atoms with Crippen molar-refractivity contribution in [3.8, 4) is 17.1 Å². The molecule has 3 aromatic rings. The SMILES string of the molecule is COc1ccccc1NC=C1C(=O)Nc2ncc(-c3ccco3)cc21. The van der Waals surface area contributed by atoms with Crippen molar-refractivity contribution in [3.63, 3.8) is 0 Å². The molecule has 25 heavy (non-hydrogen) atoms. The third kappa shape index (κ3) is 2.74. The van der Waals surface area contributed by atoms with Gasteiger partial charge in [0.25, 0.3) is 5.91 Å². The lowest BCUT2D eigenvalue weighted by molar-refractivity contribution is -0.110. The van der Waals surface area contributed by atoms with E-state index in [-0.39, 0.29) is 5.91 Å². The van der Waals surface area contributed by atoms with Crippen molar-refractivity contribution >= 4 is 23.0 Å². The summed E-state index contributed by atoms with van der Waals surface area (Å²) in [4.78, 5) is 16.6. The average Bonchev–Trinajstić information content (AvgIpc) is 3.27. The molecule has 0 radical (unpaired) electrons. The number of furan rings is 1. The second-order valence-corrected chi connectivity index (χ2v) is 5.45. The van der Waals surface area contributed by atoms with Gasteiger partial charge in [-0.05, 0) is 30.3 Å². The topological polar surface area (TPSA) is 76.4 Å². The van der Waals surface area contributed by atoms with Gasteiger partial charge in [0.1, 0.15) is 17.3 Å². The first-order valence-electron chi connectivity index (χ1n) is 7.71. The number of benzene rings is 1. The number of carbonyl (C=O) groups excluding carboxylic acids is 1. The standard InChI is InChI=1S/C19H15N3O3/c1-24-17-6-3-2-5-15(17)20-11-14-13-9-12(16-7-4-8-25-16)10-21-18(13)22-19(14)23/h2-11,20H,1H3,(H,21,22,23). The Balaban J connectivity index is 1.70. The zero-order valence-electron chi connectivity index (χ0n) is 13.4. The van der Waals surface area contributed by atoms with Crippen LogP contribution in [0.2, 0.25) is 0 Å². The zero-order chi connectivity index (χ0) is 17.2. The molecule has 0 bridgehead atoms. The monoisotopic (exact) mass is 333 g/mol. The zero-order valence-corrected chi connectivity index (χ0v) is 13.4. The summed E-state index contributed by atoms with van der Waals surface area (Å²) in [5.41, 5.74) is 2.81. The lowest BCUT2D eigenvalue weighted by atomic mass is 10.1. The summed E-state index contributed by atoms with van der Waals surface area (Å²) < 4.78 is 10.7. The number of methoxy groups -OCH3 is 1. The summed E-state index contributed by atoms with van der Waals surface area (Å²) in [6.07, 6.45) is 4.94. The molecule has 0 saturated carbocycles. The number of para-hydroxylation sites is 2. The molecule has 4 rings (SSSR count). The number of rotatable bonds is 4. The van der Waals surface area contributed by atoms with E-state index < -0.39 is 0 Å². The molecule has 3 heterocycles. The van der Waals surface area contributed by atoms with Gasteiger partial charge in [-0.3, -0.25) is 4.79 Å². The molecule has 0 unspecified atom stereocenters. The fourth-order valence-corrected chi connectivity index (χ4v) is 2.70. The normalized spacial score (nSPS) is 14.3. The maximum atomic E-state index is 12.3. The Morgan fingerprint density at radius 3 is 2.92 bits per heavy atom. The summed E-state index contributed by atoms with van der Waals surface area (Å²) in [7, 11) is 1.60. The summed E-state index contributed by atoms with van der Waals surface area (Å²) >= 11 is 0. The van der Waals surface area contributed by atoms with Gasteiger partial charge < -0.3 is 19.8 Å². The number of hydrogen-bond donors (Lipinski definition) is 2. The lowest BCUT2D eigenvalue weighted by Gasteiger charge is -2.08. The molecule has 2 N–H and O–H groups in total. The van der Waals surface area contributed by atoms with E-state index in [0.29, 0.717) is 22.9 Å². The molecule has 1 amide bonds. The van der Waals surface area contributed by atoms with Crippen molar-refractivity contribution in [3.05, 3.63) is 66.7 Å². The lowest BCUT2D eigenvalue weighted by Crippen LogP contribution is -2.05. The molecule has 0 saturated heterocycles. The van der Waals surface area contributed by atoms with Gasteiger partial charge in [0.05, 0.1) is 24.6 Å². The molecule has 2 aromatic heterocycles. The van der Waals surface area contributed by atoms with E-state index in [2.05, 4.69) is 15.6 Å². The minimum absolute atomic E-state index is 0.207. The number of aromatic nitrogens is 1. The molecule has 1 aromatic carbocycles. The first-order chi connectivity index (χ1) is 12.3. The number of nitrogens with zero attached hydrogens (tertiary/aromatic N) is 1. The van der Waals surface area contributed by atoms with E-state index in [1.54, 1.807) is 25.8 Å². The first-order valence-corrected chi connectivity index (χ1v) is 7.71. The Bertz CT molecular complexity index is 962. The maximum Gasteiger partial charge on any atom is 0.259 e. The molecule has 1 aliphatic rings. The third-order valence-corrected chi connectivity index (χ3v) is 3.94. The second-order valence-electron chi connectivity index (χ2n) is 5.45. The Kier molecular flexibility index (Phi) is 3.70. The second kappa shape index (κ2) is 6.16. The van der Waals surface area contributed by atoms with E-state index >= 15 is 0 Å². The fraction of sp³-hybridized carbons (Fsp3) is 0.0526. The van der Waals surface area contributed by atoms with Crippen LogP contribution in [0.4, 0.5) is 11.5 Å². The van der Waals surface area contributed by atoms with Crippen LogP contribution < -0.4 is 15.4 Å². The van der Waals surface area contributed by atoms with Crippen LogP contribution in [0, 0.1) is 0 Å². The highest BCUT2D eigenvalue weighted by Crippen LogP contribution is 2.34. The predicted octanol–water partition coefficient (Wildman–Crippen LogP) is 3.76. The van der Waals surface area contributed by atoms with E-state index in [9.17, 15) is 4.79 Å².